The molecule has 5 aliphatic rings. The van der Waals surface area contributed by atoms with Gasteiger partial charge in [-0.1, -0.05) is 47.9 Å². The first-order valence-electron chi connectivity index (χ1n) is 11.6. The summed E-state index contributed by atoms with van der Waals surface area (Å²) in [5.41, 5.74) is 4.17. The summed E-state index contributed by atoms with van der Waals surface area (Å²) in [4.78, 5) is 38.8. The quantitative estimate of drug-likeness (QED) is 0.266. The second-order valence-electron chi connectivity index (χ2n) is 9.67. The van der Waals surface area contributed by atoms with Crippen molar-refractivity contribution in [2.75, 3.05) is 13.1 Å². The van der Waals surface area contributed by atoms with Crippen LogP contribution in [0.4, 0.5) is 0 Å². The Hall–Kier alpha value is -1.76. The van der Waals surface area contributed by atoms with E-state index in [9.17, 15) is 14.4 Å². The van der Waals surface area contributed by atoms with Crippen LogP contribution in [0.25, 0.3) is 6.08 Å². The van der Waals surface area contributed by atoms with Gasteiger partial charge in [0.25, 0.3) is 0 Å². The van der Waals surface area contributed by atoms with Crippen LogP contribution in [0, 0.1) is 0 Å². The maximum atomic E-state index is 13.5. The monoisotopic (exact) mass is 439 g/mol. The van der Waals surface area contributed by atoms with Gasteiger partial charge in [-0.25, -0.2) is 13.9 Å². The minimum Gasteiger partial charge on any atom is -0.298 e. The van der Waals surface area contributed by atoms with E-state index in [1.165, 1.54) is 16.7 Å². The number of ketones is 1. The molecule has 0 N–H and O–H groups in total. The molecule has 6 heteroatoms. The Kier molecular flexibility index (Phi) is 5.43. The van der Waals surface area contributed by atoms with E-state index in [4.69, 9.17) is 0 Å². The van der Waals surface area contributed by atoms with Gasteiger partial charge in [-0.3, -0.25) is 4.79 Å². The van der Waals surface area contributed by atoms with Crippen molar-refractivity contribution in [3.8, 4) is 0 Å². The highest BCUT2D eigenvalue weighted by atomic mass is 32.2. The van der Waals surface area contributed by atoms with E-state index in [1.807, 2.05) is 6.92 Å². The molecule has 31 heavy (non-hydrogen) atoms. The average molecular weight is 440 g/mol. The predicted molar refractivity (Wildman–Crippen MR) is 122 cm³/mol. The average Bonchev–Trinajstić information content (AvgIpc) is 3.52. The summed E-state index contributed by atoms with van der Waals surface area (Å²) in [5.74, 6) is 0.169. The SMILES string of the molecule is C[C@@H]1CCC[N+]1(C=O)C(=O)[C@H]1N2CCC1(C(=O)CCCCC1=Cc3ccccc3C1)S2. The number of unbranched alkanes of at least 4 members (excludes halogenated alkanes) is 1. The van der Waals surface area contributed by atoms with Crippen molar-refractivity contribution in [3.05, 3.63) is 41.0 Å². The van der Waals surface area contributed by atoms with E-state index in [0.29, 0.717) is 13.0 Å². The van der Waals surface area contributed by atoms with Crippen molar-refractivity contribution in [1.82, 2.24) is 4.31 Å². The van der Waals surface area contributed by atoms with E-state index < -0.39 is 10.8 Å². The van der Waals surface area contributed by atoms with Crippen molar-refractivity contribution in [2.24, 2.45) is 0 Å². The second-order valence-corrected chi connectivity index (χ2v) is 11.1. The summed E-state index contributed by atoms with van der Waals surface area (Å²) < 4.78 is 1.34. The molecule has 164 valence electrons. The number of rotatable bonds is 8. The number of amides is 2. The Morgan fingerprint density at radius 3 is 2.84 bits per heavy atom. The van der Waals surface area contributed by atoms with E-state index in [1.54, 1.807) is 11.9 Å². The van der Waals surface area contributed by atoms with Crippen LogP contribution in [0.15, 0.2) is 29.8 Å². The lowest BCUT2D eigenvalue weighted by Gasteiger charge is -2.47. The third kappa shape index (κ3) is 3.26. The Morgan fingerprint density at radius 1 is 1.29 bits per heavy atom. The highest BCUT2D eigenvalue weighted by molar-refractivity contribution is 8.01. The molecule has 5 nitrogen and oxygen atoms in total. The number of likely N-dealkylation sites (tertiary alicyclic amines) is 1. The standard InChI is InChI=1S/C25H31N2O3S/c1-18-7-6-14-27(18,17-28)24(30)23-25(12-13-26(23)31-25)22(29)11-5-2-8-19-15-20-9-3-4-10-21(20)16-19/h3-4,9-10,15,17-18,23H,2,5-8,11-14,16H2,1H3/q+1/t18-,23-,25?,27?/m1/s1. The number of quaternary nitrogens is 1. The third-order valence-electron chi connectivity index (χ3n) is 7.94. The maximum Gasteiger partial charge on any atom is 0.341 e. The van der Waals surface area contributed by atoms with Crippen LogP contribution >= 0.6 is 11.9 Å². The van der Waals surface area contributed by atoms with Crippen LogP contribution in [0.5, 0.6) is 0 Å². The largest absolute Gasteiger partial charge is 0.341 e. The number of imide groups is 1. The third-order valence-corrected chi connectivity index (χ3v) is 9.55. The summed E-state index contributed by atoms with van der Waals surface area (Å²) in [6.07, 6.45) is 10.1. The van der Waals surface area contributed by atoms with Crippen LogP contribution < -0.4 is 0 Å². The zero-order valence-corrected chi connectivity index (χ0v) is 19.0. The van der Waals surface area contributed by atoms with Gasteiger partial charge in [0.2, 0.25) is 0 Å². The van der Waals surface area contributed by atoms with Crippen LogP contribution in [0.1, 0.15) is 63.0 Å². The molecular weight excluding hydrogens is 408 g/mol. The number of nitrogens with zero attached hydrogens (tertiary/aromatic N) is 2. The fourth-order valence-corrected chi connectivity index (χ4v) is 7.55. The number of hydrogen-bond acceptors (Lipinski definition) is 5. The van der Waals surface area contributed by atoms with Crippen LogP contribution in [0.3, 0.4) is 0 Å². The highest BCUT2D eigenvalue weighted by Crippen LogP contribution is 2.58. The molecule has 0 saturated carbocycles. The molecule has 0 radical (unpaired) electrons. The minimum atomic E-state index is -0.615. The first-order valence-corrected chi connectivity index (χ1v) is 12.4. The van der Waals surface area contributed by atoms with E-state index >= 15 is 0 Å². The molecule has 2 amide bonds. The fraction of sp³-hybridized carbons (Fsp3) is 0.560. The minimum absolute atomic E-state index is 0.0205. The van der Waals surface area contributed by atoms with Crippen molar-refractivity contribution in [1.29, 1.82) is 0 Å². The van der Waals surface area contributed by atoms with Gasteiger partial charge in [0.1, 0.15) is 10.8 Å². The molecule has 1 aliphatic carbocycles. The van der Waals surface area contributed by atoms with E-state index in [0.717, 1.165) is 57.9 Å². The number of benzene rings is 1. The molecule has 4 aliphatic heterocycles. The van der Waals surface area contributed by atoms with Gasteiger partial charge in [-0.15, -0.1) is 0 Å². The van der Waals surface area contributed by atoms with E-state index in [2.05, 4.69) is 34.6 Å². The Balaban J connectivity index is 1.18. The first kappa shape index (κ1) is 21.1. The zero-order valence-electron chi connectivity index (χ0n) is 18.2. The molecule has 4 saturated heterocycles. The number of allylic oxidation sites excluding steroid dienone is 1. The van der Waals surface area contributed by atoms with Gasteiger partial charge in [0, 0.05) is 25.8 Å². The lowest BCUT2D eigenvalue weighted by Crippen LogP contribution is -2.69. The van der Waals surface area contributed by atoms with Gasteiger partial charge in [-0.2, -0.15) is 4.48 Å². The van der Waals surface area contributed by atoms with Crippen molar-refractivity contribution in [2.45, 2.75) is 75.1 Å². The smallest absolute Gasteiger partial charge is 0.298 e. The molecular formula is C25H31N2O3S+. The Labute approximate surface area is 188 Å². The summed E-state index contributed by atoms with van der Waals surface area (Å²) in [6.45, 7) is 3.35. The van der Waals surface area contributed by atoms with Gasteiger partial charge in [0.15, 0.2) is 11.8 Å². The number of Topliss-reactive ketones (excluding diaryl/α,β-unsaturated/α-hetero) is 1. The number of hydrogen-bond donors (Lipinski definition) is 0. The maximum absolute atomic E-state index is 13.5. The van der Waals surface area contributed by atoms with Crippen LogP contribution in [0.2, 0.25) is 0 Å². The Bertz CT molecular complexity index is 956. The summed E-state index contributed by atoms with van der Waals surface area (Å²) in [7, 11) is 0. The summed E-state index contributed by atoms with van der Waals surface area (Å²) in [6, 6.07) is 8.13. The molecule has 6 rings (SSSR count). The summed E-state index contributed by atoms with van der Waals surface area (Å²) >= 11 is 1.56. The summed E-state index contributed by atoms with van der Waals surface area (Å²) in [5, 5.41) is 0. The number of carbonyl (C=O) groups excluding carboxylic acids is 3. The molecule has 0 aromatic heterocycles. The van der Waals surface area contributed by atoms with Gasteiger partial charge < -0.3 is 0 Å². The molecule has 4 heterocycles. The zero-order chi connectivity index (χ0) is 21.6. The highest BCUT2D eigenvalue weighted by Gasteiger charge is 2.70. The molecule has 5 atom stereocenters. The molecule has 2 bridgehead atoms. The topological polar surface area (TPSA) is 54.5 Å². The molecule has 3 unspecified atom stereocenters. The predicted octanol–water partition coefficient (Wildman–Crippen LogP) is 3.91. The van der Waals surface area contributed by atoms with Gasteiger partial charge in [-0.05, 0) is 50.2 Å². The first-order chi connectivity index (χ1) is 15.0. The second kappa shape index (κ2) is 7.98. The lowest BCUT2D eigenvalue weighted by molar-refractivity contribution is -0.781. The fourth-order valence-electron chi connectivity index (χ4n) is 6.02. The Morgan fingerprint density at radius 2 is 2.13 bits per heavy atom. The van der Waals surface area contributed by atoms with E-state index in [-0.39, 0.29) is 22.2 Å². The van der Waals surface area contributed by atoms with Crippen LogP contribution in [-0.4, -0.2) is 56.8 Å². The lowest BCUT2D eigenvalue weighted by atomic mass is 9.89. The molecule has 4 fully saturated rings. The molecule has 1 aromatic rings. The van der Waals surface area contributed by atoms with Gasteiger partial charge in [0.05, 0.1) is 6.54 Å². The van der Waals surface area contributed by atoms with Crippen LogP contribution in [-0.2, 0) is 20.8 Å². The van der Waals surface area contributed by atoms with Crippen molar-refractivity contribution < 1.29 is 18.9 Å². The normalized spacial score (nSPS) is 35.4. The van der Waals surface area contributed by atoms with Gasteiger partial charge >= 0.3 is 12.3 Å². The number of fused-ring (bicyclic) bond motifs is 2. The van der Waals surface area contributed by atoms with Crippen molar-refractivity contribution in [3.63, 3.8) is 0 Å². The van der Waals surface area contributed by atoms with Crippen molar-refractivity contribution >= 4 is 36.1 Å². The molecule has 0 spiro atoms. The molecule has 1 aromatic carbocycles. The number of carbonyl (C=O) groups is 3.